The monoisotopic (exact) mass is 175 g/mol. The van der Waals surface area contributed by atoms with Crippen LogP contribution in [0.1, 0.15) is 45.4 Å². The minimum absolute atomic E-state index is 0. The Morgan fingerprint density at radius 3 is 2.25 bits per heavy atom. The Morgan fingerprint density at radius 1 is 1.08 bits per heavy atom. The zero-order valence-corrected chi connectivity index (χ0v) is 8.05. The third kappa shape index (κ3) is 12.1. The third-order valence-corrected chi connectivity index (χ3v) is 1.68. The molecule has 0 fully saturated rings. The predicted molar refractivity (Wildman–Crippen MR) is 50.4 cm³/mol. The Hall–Kier alpha value is -0.570. The SMILES string of the molecule is CCCCCCCCOC=O.N. The predicted octanol–water partition coefficient (Wildman–Crippen LogP) is 2.68. The first-order chi connectivity index (χ1) is 5.41. The normalized spacial score (nSPS) is 8.75. The number of carbonyl (C=O) groups is 1. The minimum Gasteiger partial charge on any atom is -0.468 e. The van der Waals surface area contributed by atoms with Crippen molar-refractivity contribution in [2.45, 2.75) is 45.4 Å². The van der Waals surface area contributed by atoms with Crippen LogP contribution < -0.4 is 6.15 Å². The summed E-state index contributed by atoms with van der Waals surface area (Å²) >= 11 is 0. The third-order valence-electron chi connectivity index (χ3n) is 1.68. The molecule has 0 amide bonds. The Labute approximate surface area is 75.1 Å². The zero-order chi connectivity index (χ0) is 8.36. The van der Waals surface area contributed by atoms with E-state index in [-0.39, 0.29) is 6.15 Å². The Morgan fingerprint density at radius 2 is 1.67 bits per heavy atom. The molecule has 0 aromatic heterocycles. The van der Waals surface area contributed by atoms with Gasteiger partial charge >= 0.3 is 0 Å². The lowest BCUT2D eigenvalue weighted by atomic mass is 10.1. The number of rotatable bonds is 8. The molecule has 0 spiro atoms. The molecule has 0 saturated carbocycles. The van der Waals surface area contributed by atoms with Crippen molar-refractivity contribution < 1.29 is 9.53 Å². The van der Waals surface area contributed by atoms with Crippen molar-refractivity contribution in [1.29, 1.82) is 0 Å². The molecule has 3 heteroatoms. The van der Waals surface area contributed by atoms with E-state index in [2.05, 4.69) is 11.7 Å². The Bertz CT molecular complexity index is 86.6. The van der Waals surface area contributed by atoms with E-state index in [0.717, 1.165) is 6.42 Å². The van der Waals surface area contributed by atoms with Crippen LogP contribution in [0.2, 0.25) is 0 Å². The molecule has 0 radical (unpaired) electrons. The van der Waals surface area contributed by atoms with Gasteiger partial charge in [0.25, 0.3) is 6.47 Å². The summed E-state index contributed by atoms with van der Waals surface area (Å²) in [4.78, 5) is 9.72. The molecule has 0 aliphatic carbocycles. The highest BCUT2D eigenvalue weighted by Crippen LogP contribution is 2.04. The van der Waals surface area contributed by atoms with E-state index in [0.29, 0.717) is 13.1 Å². The van der Waals surface area contributed by atoms with Gasteiger partial charge in [0.15, 0.2) is 0 Å². The lowest BCUT2D eigenvalue weighted by Gasteiger charge is -1.98. The van der Waals surface area contributed by atoms with Gasteiger partial charge < -0.3 is 10.9 Å². The summed E-state index contributed by atoms with van der Waals surface area (Å²) in [5, 5.41) is 0. The maximum absolute atomic E-state index is 9.72. The highest BCUT2D eigenvalue weighted by Gasteiger charge is 1.88. The molecule has 0 heterocycles. The van der Waals surface area contributed by atoms with Crippen molar-refractivity contribution >= 4 is 6.47 Å². The van der Waals surface area contributed by atoms with E-state index in [9.17, 15) is 4.79 Å². The maximum atomic E-state index is 9.72. The molecule has 3 nitrogen and oxygen atoms in total. The molecule has 0 aliphatic heterocycles. The number of carbonyl (C=O) groups excluding carboxylic acids is 1. The van der Waals surface area contributed by atoms with E-state index in [1.807, 2.05) is 0 Å². The van der Waals surface area contributed by atoms with Gasteiger partial charge in [-0.1, -0.05) is 39.0 Å². The molecular formula is C9H21NO2. The molecule has 74 valence electrons. The van der Waals surface area contributed by atoms with Crippen LogP contribution in [0.25, 0.3) is 0 Å². The molecule has 0 bridgehead atoms. The fourth-order valence-electron chi connectivity index (χ4n) is 1.01. The Balaban J connectivity index is 0. The molecule has 0 aliphatic rings. The van der Waals surface area contributed by atoms with E-state index >= 15 is 0 Å². The number of unbranched alkanes of at least 4 members (excludes halogenated alkanes) is 5. The van der Waals surface area contributed by atoms with E-state index in [4.69, 9.17) is 0 Å². The first-order valence-electron chi connectivity index (χ1n) is 4.47. The molecular weight excluding hydrogens is 154 g/mol. The summed E-state index contributed by atoms with van der Waals surface area (Å²) in [6.45, 7) is 3.32. The van der Waals surface area contributed by atoms with Crippen LogP contribution in [0.5, 0.6) is 0 Å². The molecule has 0 rings (SSSR count). The second-order valence-corrected chi connectivity index (χ2v) is 2.73. The molecule has 0 aromatic carbocycles. The maximum Gasteiger partial charge on any atom is 0.293 e. The first kappa shape index (κ1) is 14.0. The van der Waals surface area contributed by atoms with E-state index < -0.39 is 0 Å². The summed E-state index contributed by atoms with van der Waals surface area (Å²) in [6.07, 6.45) is 7.41. The second kappa shape index (κ2) is 13.1. The van der Waals surface area contributed by atoms with Gasteiger partial charge in [0.2, 0.25) is 0 Å². The van der Waals surface area contributed by atoms with Gasteiger partial charge in [-0.25, -0.2) is 0 Å². The minimum atomic E-state index is 0. The van der Waals surface area contributed by atoms with Gasteiger partial charge in [-0.2, -0.15) is 0 Å². The standard InChI is InChI=1S/C9H18O2.H3N/c1-2-3-4-5-6-7-8-11-9-10;/h9H,2-8H2,1H3;1H3. The summed E-state index contributed by atoms with van der Waals surface area (Å²) < 4.78 is 4.56. The molecule has 0 unspecified atom stereocenters. The summed E-state index contributed by atoms with van der Waals surface area (Å²) in [5.74, 6) is 0. The smallest absolute Gasteiger partial charge is 0.293 e. The van der Waals surface area contributed by atoms with Crippen LogP contribution in [0.3, 0.4) is 0 Å². The molecule has 12 heavy (non-hydrogen) atoms. The van der Waals surface area contributed by atoms with E-state index in [1.165, 1.54) is 32.1 Å². The van der Waals surface area contributed by atoms with Gasteiger partial charge in [-0.15, -0.1) is 0 Å². The van der Waals surface area contributed by atoms with Crippen LogP contribution in [-0.4, -0.2) is 13.1 Å². The van der Waals surface area contributed by atoms with Crippen LogP contribution in [0.15, 0.2) is 0 Å². The average molecular weight is 175 g/mol. The summed E-state index contributed by atoms with van der Waals surface area (Å²) in [7, 11) is 0. The van der Waals surface area contributed by atoms with Gasteiger partial charge in [-0.3, -0.25) is 4.79 Å². The van der Waals surface area contributed by atoms with Crippen LogP contribution >= 0.6 is 0 Å². The number of hydrogen-bond acceptors (Lipinski definition) is 3. The summed E-state index contributed by atoms with van der Waals surface area (Å²) in [6, 6.07) is 0. The largest absolute Gasteiger partial charge is 0.468 e. The lowest BCUT2D eigenvalue weighted by molar-refractivity contribution is -0.128. The van der Waals surface area contributed by atoms with E-state index in [1.54, 1.807) is 0 Å². The molecule has 3 N–H and O–H groups in total. The zero-order valence-electron chi connectivity index (χ0n) is 8.05. The van der Waals surface area contributed by atoms with Gasteiger partial charge in [0, 0.05) is 0 Å². The molecule has 0 aromatic rings. The molecule has 0 atom stereocenters. The van der Waals surface area contributed by atoms with Crippen molar-refractivity contribution in [3.05, 3.63) is 0 Å². The first-order valence-corrected chi connectivity index (χ1v) is 4.47. The lowest BCUT2D eigenvalue weighted by Crippen LogP contribution is -1.90. The van der Waals surface area contributed by atoms with Crippen LogP contribution in [-0.2, 0) is 9.53 Å². The summed E-state index contributed by atoms with van der Waals surface area (Å²) in [5.41, 5.74) is 0. The van der Waals surface area contributed by atoms with Gasteiger partial charge in [-0.05, 0) is 6.42 Å². The van der Waals surface area contributed by atoms with Crippen LogP contribution in [0.4, 0.5) is 0 Å². The van der Waals surface area contributed by atoms with Crippen molar-refractivity contribution in [2.24, 2.45) is 0 Å². The van der Waals surface area contributed by atoms with Gasteiger partial charge in [0.1, 0.15) is 0 Å². The topological polar surface area (TPSA) is 61.3 Å². The second-order valence-electron chi connectivity index (χ2n) is 2.73. The number of hydrogen-bond donors (Lipinski definition) is 1. The van der Waals surface area contributed by atoms with Crippen molar-refractivity contribution in [3.63, 3.8) is 0 Å². The van der Waals surface area contributed by atoms with Gasteiger partial charge in [0.05, 0.1) is 6.61 Å². The molecule has 0 saturated heterocycles. The fraction of sp³-hybridized carbons (Fsp3) is 0.889. The fourth-order valence-corrected chi connectivity index (χ4v) is 1.01. The average Bonchev–Trinajstić information content (AvgIpc) is 2.03. The Kier molecular flexibility index (Phi) is 15.2. The van der Waals surface area contributed by atoms with Crippen molar-refractivity contribution in [3.8, 4) is 0 Å². The highest BCUT2D eigenvalue weighted by molar-refractivity contribution is 5.36. The van der Waals surface area contributed by atoms with Crippen molar-refractivity contribution in [2.75, 3.05) is 6.61 Å². The van der Waals surface area contributed by atoms with Crippen LogP contribution in [0, 0.1) is 0 Å². The quantitative estimate of drug-likeness (QED) is 0.455. The highest BCUT2D eigenvalue weighted by atomic mass is 16.5. The number of ether oxygens (including phenoxy) is 1. The van der Waals surface area contributed by atoms with Crippen molar-refractivity contribution in [1.82, 2.24) is 6.15 Å².